The van der Waals surface area contributed by atoms with Crippen molar-refractivity contribution in [3.05, 3.63) is 29.6 Å². The van der Waals surface area contributed by atoms with Crippen LogP contribution in [0.25, 0.3) is 0 Å². The SMILES string of the molecule is Nc1cc(F)ccc1C(=O)N1CCC(O)C1. The van der Waals surface area contributed by atoms with Crippen LogP contribution < -0.4 is 5.73 Å². The van der Waals surface area contributed by atoms with Crippen LogP contribution in [-0.2, 0) is 0 Å². The summed E-state index contributed by atoms with van der Waals surface area (Å²) in [7, 11) is 0. The molecule has 1 atom stereocenters. The molecule has 0 aliphatic carbocycles. The Morgan fingerprint density at radius 2 is 2.31 bits per heavy atom. The molecule has 1 aliphatic heterocycles. The zero-order valence-electron chi connectivity index (χ0n) is 8.69. The van der Waals surface area contributed by atoms with Gasteiger partial charge in [0.1, 0.15) is 5.82 Å². The average Bonchev–Trinajstić information content (AvgIpc) is 2.64. The number of halogens is 1. The summed E-state index contributed by atoms with van der Waals surface area (Å²) in [6.45, 7) is 0.826. The monoisotopic (exact) mass is 224 g/mol. The number of carbonyl (C=O) groups is 1. The third kappa shape index (κ3) is 1.99. The van der Waals surface area contributed by atoms with Crippen molar-refractivity contribution in [2.45, 2.75) is 12.5 Å². The highest BCUT2D eigenvalue weighted by molar-refractivity contribution is 5.99. The molecular formula is C11H13FN2O2. The molecular weight excluding hydrogens is 211 g/mol. The predicted octanol–water partition coefficient (Wildman–Crippen LogP) is 0.615. The van der Waals surface area contributed by atoms with Gasteiger partial charge in [-0.3, -0.25) is 4.79 Å². The number of hydrogen-bond donors (Lipinski definition) is 2. The molecule has 1 aliphatic rings. The van der Waals surface area contributed by atoms with Crippen molar-refractivity contribution in [3.8, 4) is 0 Å². The summed E-state index contributed by atoms with van der Waals surface area (Å²) in [6.07, 6.45) is 0.109. The van der Waals surface area contributed by atoms with E-state index in [1.54, 1.807) is 0 Å². The third-order valence-corrected chi connectivity index (χ3v) is 2.69. The molecule has 16 heavy (non-hydrogen) atoms. The molecule has 3 N–H and O–H groups in total. The topological polar surface area (TPSA) is 66.6 Å². The Morgan fingerprint density at radius 3 is 2.88 bits per heavy atom. The van der Waals surface area contributed by atoms with E-state index in [4.69, 9.17) is 5.73 Å². The molecule has 4 nitrogen and oxygen atoms in total. The fourth-order valence-corrected chi connectivity index (χ4v) is 1.82. The second-order valence-electron chi connectivity index (χ2n) is 3.93. The Bertz CT molecular complexity index is 422. The Kier molecular flexibility index (Phi) is 2.78. The number of rotatable bonds is 1. The number of amides is 1. The van der Waals surface area contributed by atoms with Gasteiger partial charge in [0, 0.05) is 18.8 Å². The van der Waals surface area contributed by atoms with Crippen molar-refractivity contribution in [3.63, 3.8) is 0 Å². The number of hydrogen-bond acceptors (Lipinski definition) is 3. The predicted molar refractivity (Wildman–Crippen MR) is 57.3 cm³/mol. The van der Waals surface area contributed by atoms with Crippen molar-refractivity contribution >= 4 is 11.6 Å². The van der Waals surface area contributed by atoms with Gasteiger partial charge in [-0.05, 0) is 24.6 Å². The van der Waals surface area contributed by atoms with Gasteiger partial charge < -0.3 is 15.7 Å². The van der Waals surface area contributed by atoms with E-state index in [2.05, 4.69) is 0 Å². The number of nitrogens with zero attached hydrogens (tertiary/aromatic N) is 1. The molecule has 2 rings (SSSR count). The third-order valence-electron chi connectivity index (χ3n) is 2.69. The smallest absolute Gasteiger partial charge is 0.256 e. The summed E-state index contributed by atoms with van der Waals surface area (Å²) in [4.78, 5) is 13.5. The molecule has 0 spiro atoms. The molecule has 0 saturated carbocycles. The maximum absolute atomic E-state index is 12.8. The molecule has 1 unspecified atom stereocenters. The van der Waals surface area contributed by atoms with Crippen LogP contribution in [-0.4, -0.2) is 35.1 Å². The Hall–Kier alpha value is -1.62. The molecule has 0 aromatic heterocycles. The van der Waals surface area contributed by atoms with E-state index < -0.39 is 11.9 Å². The van der Waals surface area contributed by atoms with E-state index in [9.17, 15) is 14.3 Å². The number of benzene rings is 1. The van der Waals surface area contributed by atoms with Crippen LogP contribution in [0.3, 0.4) is 0 Å². The molecule has 86 valence electrons. The van der Waals surface area contributed by atoms with Crippen molar-refractivity contribution in [1.82, 2.24) is 4.90 Å². The lowest BCUT2D eigenvalue weighted by molar-refractivity contribution is 0.0766. The molecule has 1 amide bonds. The second-order valence-corrected chi connectivity index (χ2v) is 3.93. The number of anilines is 1. The standard InChI is InChI=1S/C11H13FN2O2/c12-7-1-2-9(10(13)5-7)11(16)14-4-3-8(15)6-14/h1-2,5,8,15H,3-4,6,13H2. The summed E-state index contributed by atoms with van der Waals surface area (Å²) >= 11 is 0. The molecule has 1 saturated heterocycles. The van der Waals surface area contributed by atoms with Crippen molar-refractivity contribution in [2.75, 3.05) is 18.8 Å². The number of aliphatic hydroxyl groups is 1. The van der Waals surface area contributed by atoms with Crippen LogP contribution in [0.1, 0.15) is 16.8 Å². The summed E-state index contributed by atoms with van der Waals surface area (Å²) < 4.78 is 12.8. The minimum atomic E-state index is -0.467. The normalized spacial score (nSPS) is 20.1. The van der Waals surface area contributed by atoms with Gasteiger partial charge in [-0.1, -0.05) is 0 Å². The summed E-state index contributed by atoms with van der Waals surface area (Å²) in [5, 5.41) is 9.32. The zero-order chi connectivity index (χ0) is 11.7. The average molecular weight is 224 g/mol. The van der Waals surface area contributed by atoms with E-state index in [1.807, 2.05) is 0 Å². The van der Waals surface area contributed by atoms with Crippen LogP contribution >= 0.6 is 0 Å². The Labute approximate surface area is 92.5 Å². The van der Waals surface area contributed by atoms with Crippen LogP contribution in [0, 0.1) is 5.82 Å². The minimum Gasteiger partial charge on any atom is -0.398 e. The number of nitrogens with two attached hydrogens (primary N) is 1. The number of carbonyl (C=O) groups excluding carboxylic acids is 1. The zero-order valence-corrected chi connectivity index (χ0v) is 8.69. The molecule has 1 aromatic rings. The maximum Gasteiger partial charge on any atom is 0.256 e. The number of β-amino-alcohol motifs (C(OH)–C–C–N with tert-alkyl or cyclic N) is 1. The summed E-state index contributed by atoms with van der Waals surface area (Å²) in [6, 6.07) is 3.70. The van der Waals surface area contributed by atoms with Crippen LogP contribution in [0.15, 0.2) is 18.2 Å². The molecule has 5 heteroatoms. The van der Waals surface area contributed by atoms with Crippen molar-refractivity contribution in [2.24, 2.45) is 0 Å². The maximum atomic E-state index is 12.8. The number of likely N-dealkylation sites (tertiary alicyclic amines) is 1. The Morgan fingerprint density at radius 1 is 1.56 bits per heavy atom. The first kappa shape index (κ1) is 10.9. The number of nitrogen functional groups attached to an aromatic ring is 1. The van der Waals surface area contributed by atoms with Gasteiger partial charge in [0.05, 0.1) is 11.7 Å². The lowest BCUT2D eigenvalue weighted by Gasteiger charge is -2.16. The summed E-state index contributed by atoms with van der Waals surface area (Å²) in [5.74, 6) is -0.718. The highest BCUT2D eigenvalue weighted by atomic mass is 19.1. The molecule has 0 bridgehead atoms. The molecule has 0 radical (unpaired) electrons. The van der Waals surface area contributed by atoms with Crippen LogP contribution in [0.4, 0.5) is 10.1 Å². The van der Waals surface area contributed by atoms with Crippen LogP contribution in [0.5, 0.6) is 0 Å². The first-order valence-electron chi connectivity index (χ1n) is 5.10. The van der Waals surface area contributed by atoms with Crippen LogP contribution in [0.2, 0.25) is 0 Å². The number of aliphatic hydroxyl groups excluding tert-OH is 1. The fraction of sp³-hybridized carbons (Fsp3) is 0.364. The largest absolute Gasteiger partial charge is 0.398 e. The van der Waals surface area contributed by atoms with Gasteiger partial charge in [0.15, 0.2) is 0 Å². The molecule has 1 fully saturated rings. The van der Waals surface area contributed by atoms with E-state index in [0.29, 0.717) is 19.5 Å². The van der Waals surface area contributed by atoms with Gasteiger partial charge in [-0.2, -0.15) is 0 Å². The fourth-order valence-electron chi connectivity index (χ4n) is 1.82. The molecule has 1 aromatic carbocycles. The van der Waals surface area contributed by atoms with E-state index in [0.717, 1.165) is 6.07 Å². The Balaban J connectivity index is 2.21. The minimum absolute atomic E-state index is 0.131. The van der Waals surface area contributed by atoms with Gasteiger partial charge >= 0.3 is 0 Å². The van der Waals surface area contributed by atoms with Gasteiger partial charge in [0.25, 0.3) is 5.91 Å². The van der Waals surface area contributed by atoms with E-state index in [1.165, 1.54) is 17.0 Å². The second kappa shape index (κ2) is 4.09. The lowest BCUT2D eigenvalue weighted by atomic mass is 10.1. The first-order chi connectivity index (χ1) is 7.58. The highest BCUT2D eigenvalue weighted by Crippen LogP contribution is 2.18. The van der Waals surface area contributed by atoms with E-state index in [-0.39, 0.29) is 17.2 Å². The molecule has 1 heterocycles. The van der Waals surface area contributed by atoms with Gasteiger partial charge in [-0.25, -0.2) is 4.39 Å². The van der Waals surface area contributed by atoms with Gasteiger partial charge in [-0.15, -0.1) is 0 Å². The lowest BCUT2D eigenvalue weighted by Crippen LogP contribution is -2.30. The first-order valence-corrected chi connectivity index (χ1v) is 5.10. The summed E-state index contributed by atoms with van der Waals surface area (Å²) in [5.41, 5.74) is 5.99. The van der Waals surface area contributed by atoms with Crippen molar-refractivity contribution < 1.29 is 14.3 Å². The quantitative estimate of drug-likeness (QED) is 0.687. The van der Waals surface area contributed by atoms with Gasteiger partial charge in [0.2, 0.25) is 0 Å². The van der Waals surface area contributed by atoms with E-state index >= 15 is 0 Å². The highest BCUT2D eigenvalue weighted by Gasteiger charge is 2.26. The van der Waals surface area contributed by atoms with Crippen molar-refractivity contribution in [1.29, 1.82) is 0 Å².